The summed E-state index contributed by atoms with van der Waals surface area (Å²) in [6, 6.07) is -0.214. The minimum absolute atomic E-state index is 0.0513. The van der Waals surface area contributed by atoms with E-state index in [9.17, 15) is 9.90 Å². The van der Waals surface area contributed by atoms with Crippen LogP contribution in [0.3, 0.4) is 0 Å². The zero-order valence-electron chi connectivity index (χ0n) is 12.6. The van der Waals surface area contributed by atoms with E-state index in [2.05, 4.69) is 24.3 Å². The lowest BCUT2D eigenvalue weighted by molar-refractivity contribution is 0.0907. The van der Waals surface area contributed by atoms with Crippen molar-refractivity contribution in [2.24, 2.45) is 11.7 Å². The summed E-state index contributed by atoms with van der Waals surface area (Å²) in [5, 5.41) is 16.4. The third kappa shape index (κ3) is 4.61. The summed E-state index contributed by atoms with van der Waals surface area (Å²) >= 11 is 0. The lowest BCUT2D eigenvalue weighted by Gasteiger charge is -2.18. The number of nitrogens with two attached hydrogens (primary N) is 1. The Morgan fingerprint density at radius 3 is 2.80 bits per heavy atom. The maximum Gasteiger partial charge on any atom is 0.255 e. The third-order valence-corrected chi connectivity index (χ3v) is 3.23. The summed E-state index contributed by atoms with van der Waals surface area (Å²) in [6.45, 7) is 7.25. The van der Waals surface area contributed by atoms with Crippen LogP contribution in [0.1, 0.15) is 42.7 Å². The Labute approximate surface area is 120 Å². The lowest BCUT2D eigenvalue weighted by Crippen LogP contribution is -2.38. The molecule has 0 fully saturated rings. The summed E-state index contributed by atoms with van der Waals surface area (Å²) in [7, 11) is 0. The fourth-order valence-corrected chi connectivity index (χ4v) is 2.15. The van der Waals surface area contributed by atoms with E-state index in [1.807, 2.05) is 6.92 Å². The number of hydrogen-bond donors (Lipinski definition) is 3. The Morgan fingerprint density at radius 1 is 1.55 bits per heavy atom. The number of hydrogen-bond acceptors (Lipinski definition) is 4. The quantitative estimate of drug-likeness (QED) is 0.653. The van der Waals surface area contributed by atoms with Crippen molar-refractivity contribution in [3.8, 4) is 0 Å². The van der Waals surface area contributed by atoms with Gasteiger partial charge in [0.25, 0.3) is 5.91 Å². The van der Waals surface area contributed by atoms with E-state index in [4.69, 9.17) is 5.73 Å². The molecule has 1 rings (SSSR count). The van der Waals surface area contributed by atoms with E-state index in [0.717, 1.165) is 18.5 Å². The van der Waals surface area contributed by atoms with Crippen LogP contribution in [0.2, 0.25) is 0 Å². The third-order valence-electron chi connectivity index (χ3n) is 3.23. The van der Waals surface area contributed by atoms with Crippen molar-refractivity contribution in [3.63, 3.8) is 0 Å². The van der Waals surface area contributed by atoms with Crippen molar-refractivity contribution < 1.29 is 9.90 Å². The van der Waals surface area contributed by atoms with Crippen LogP contribution in [0, 0.1) is 12.8 Å². The first kappa shape index (κ1) is 16.7. The van der Waals surface area contributed by atoms with Gasteiger partial charge >= 0.3 is 0 Å². The molecule has 0 spiro atoms. The van der Waals surface area contributed by atoms with Gasteiger partial charge < -0.3 is 16.2 Å². The lowest BCUT2D eigenvalue weighted by atomic mass is 10.0. The van der Waals surface area contributed by atoms with Crippen molar-refractivity contribution in [1.82, 2.24) is 15.1 Å². The van der Waals surface area contributed by atoms with Gasteiger partial charge in [-0.3, -0.25) is 9.48 Å². The van der Waals surface area contributed by atoms with Gasteiger partial charge in [-0.1, -0.05) is 13.8 Å². The molecule has 0 aromatic carbocycles. The molecule has 1 atom stereocenters. The molecule has 6 heteroatoms. The number of carbonyl (C=O) groups is 1. The molecule has 0 saturated carbocycles. The standard InChI is InChI=1S/C14H26N4O2/c1-10(2)7-12(9-19)17-14(20)13-8-16-18(11(13)3)6-4-5-15/h8,10,12,19H,4-7,9,15H2,1-3H3,(H,17,20). The Bertz CT molecular complexity index is 429. The fourth-order valence-electron chi connectivity index (χ4n) is 2.15. The topological polar surface area (TPSA) is 93.2 Å². The van der Waals surface area contributed by atoms with E-state index in [-0.39, 0.29) is 18.6 Å². The first-order chi connectivity index (χ1) is 9.49. The van der Waals surface area contributed by atoms with Crippen LogP contribution in [0.25, 0.3) is 0 Å². The number of carbonyl (C=O) groups excluding carboxylic acids is 1. The Hall–Kier alpha value is -1.40. The second-order valence-electron chi connectivity index (χ2n) is 5.49. The SMILES string of the molecule is Cc1c(C(=O)NC(CO)CC(C)C)cnn1CCCN. The first-order valence-electron chi connectivity index (χ1n) is 7.13. The van der Waals surface area contributed by atoms with Gasteiger partial charge in [0, 0.05) is 12.2 Å². The number of rotatable bonds is 8. The molecule has 1 amide bonds. The zero-order chi connectivity index (χ0) is 15.1. The van der Waals surface area contributed by atoms with Crippen LogP contribution >= 0.6 is 0 Å². The summed E-state index contributed by atoms with van der Waals surface area (Å²) in [6.07, 6.45) is 3.16. The molecule has 114 valence electrons. The minimum atomic E-state index is -0.214. The number of aromatic nitrogens is 2. The monoisotopic (exact) mass is 282 g/mol. The molecule has 0 bridgehead atoms. The molecule has 6 nitrogen and oxygen atoms in total. The van der Waals surface area contributed by atoms with Gasteiger partial charge in [-0.05, 0) is 32.2 Å². The zero-order valence-corrected chi connectivity index (χ0v) is 12.6. The van der Waals surface area contributed by atoms with Crippen LogP contribution in [0.15, 0.2) is 6.20 Å². The molecular weight excluding hydrogens is 256 g/mol. The average Bonchev–Trinajstić information content (AvgIpc) is 2.76. The van der Waals surface area contributed by atoms with Crippen molar-refractivity contribution in [2.45, 2.75) is 46.2 Å². The number of aliphatic hydroxyl groups excluding tert-OH is 1. The van der Waals surface area contributed by atoms with Gasteiger partial charge in [0.05, 0.1) is 24.4 Å². The second kappa shape index (κ2) is 8.01. The number of aryl methyl sites for hydroxylation is 1. The molecule has 20 heavy (non-hydrogen) atoms. The molecule has 1 aromatic heterocycles. The molecule has 4 N–H and O–H groups in total. The Kier molecular flexibility index (Phi) is 6.67. The van der Waals surface area contributed by atoms with Crippen LogP contribution in [-0.2, 0) is 6.54 Å². The highest BCUT2D eigenvalue weighted by Gasteiger charge is 2.18. The van der Waals surface area contributed by atoms with Crippen molar-refractivity contribution in [3.05, 3.63) is 17.5 Å². The Morgan fingerprint density at radius 2 is 2.25 bits per heavy atom. The summed E-state index contributed by atoms with van der Waals surface area (Å²) in [5.41, 5.74) is 6.87. The highest BCUT2D eigenvalue weighted by molar-refractivity contribution is 5.95. The molecule has 0 aliphatic carbocycles. The van der Waals surface area contributed by atoms with Crippen LogP contribution in [0.4, 0.5) is 0 Å². The normalized spacial score (nSPS) is 12.7. The van der Waals surface area contributed by atoms with E-state index >= 15 is 0 Å². The predicted octanol–water partition coefficient (Wildman–Crippen LogP) is 0.677. The van der Waals surface area contributed by atoms with E-state index in [0.29, 0.717) is 24.6 Å². The molecule has 0 aliphatic rings. The van der Waals surface area contributed by atoms with E-state index in [1.165, 1.54) is 0 Å². The largest absolute Gasteiger partial charge is 0.394 e. The van der Waals surface area contributed by atoms with Crippen molar-refractivity contribution >= 4 is 5.91 Å². The van der Waals surface area contributed by atoms with Crippen LogP contribution in [0.5, 0.6) is 0 Å². The molecule has 0 saturated heterocycles. The second-order valence-corrected chi connectivity index (χ2v) is 5.49. The van der Waals surface area contributed by atoms with Gasteiger partial charge in [0.1, 0.15) is 0 Å². The van der Waals surface area contributed by atoms with E-state index in [1.54, 1.807) is 10.9 Å². The number of aliphatic hydroxyl groups is 1. The van der Waals surface area contributed by atoms with E-state index < -0.39 is 0 Å². The average molecular weight is 282 g/mol. The van der Waals surface area contributed by atoms with Crippen LogP contribution in [-0.4, -0.2) is 40.0 Å². The summed E-state index contributed by atoms with van der Waals surface area (Å²) < 4.78 is 1.79. The summed E-state index contributed by atoms with van der Waals surface area (Å²) in [4.78, 5) is 12.2. The smallest absolute Gasteiger partial charge is 0.255 e. The number of amides is 1. The molecule has 1 unspecified atom stereocenters. The fraction of sp³-hybridized carbons (Fsp3) is 0.714. The summed E-state index contributed by atoms with van der Waals surface area (Å²) in [5.74, 6) is 0.238. The predicted molar refractivity (Wildman–Crippen MR) is 78.4 cm³/mol. The first-order valence-corrected chi connectivity index (χ1v) is 7.13. The van der Waals surface area contributed by atoms with Crippen LogP contribution < -0.4 is 11.1 Å². The molecule has 1 heterocycles. The van der Waals surface area contributed by atoms with Gasteiger partial charge in [-0.25, -0.2) is 0 Å². The van der Waals surface area contributed by atoms with Gasteiger partial charge in [-0.2, -0.15) is 5.10 Å². The van der Waals surface area contributed by atoms with Crippen molar-refractivity contribution in [1.29, 1.82) is 0 Å². The minimum Gasteiger partial charge on any atom is -0.394 e. The van der Waals surface area contributed by atoms with Gasteiger partial charge in [0.2, 0.25) is 0 Å². The molecule has 1 aromatic rings. The Balaban J connectivity index is 2.69. The number of nitrogens with one attached hydrogen (secondary N) is 1. The maximum atomic E-state index is 12.2. The number of nitrogens with zero attached hydrogens (tertiary/aromatic N) is 2. The molecular formula is C14H26N4O2. The van der Waals surface area contributed by atoms with Gasteiger partial charge in [0.15, 0.2) is 0 Å². The van der Waals surface area contributed by atoms with Crippen molar-refractivity contribution in [2.75, 3.05) is 13.2 Å². The molecule has 0 radical (unpaired) electrons. The maximum absolute atomic E-state index is 12.2. The van der Waals surface area contributed by atoms with Gasteiger partial charge in [-0.15, -0.1) is 0 Å². The highest BCUT2D eigenvalue weighted by Crippen LogP contribution is 2.10. The molecule has 0 aliphatic heterocycles. The highest BCUT2D eigenvalue weighted by atomic mass is 16.3.